The Bertz CT molecular complexity index is 1160. The highest BCUT2D eigenvalue weighted by Gasteiger charge is 2.32. The zero-order chi connectivity index (χ0) is 23.6. The summed E-state index contributed by atoms with van der Waals surface area (Å²) in [5, 5.41) is 2.86. The third kappa shape index (κ3) is 5.09. The largest absolute Gasteiger partial charge is 0.454 e. The molecule has 11 heteroatoms. The van der Waals surface area contributed by atoms with Gasteiger partial charge in [-0.3, -0.25) is 9.59 Å². The number of anilines is 1. The number of piperidine rings is 1. The van der Waals surface area contributed by atoms with E-state index in [4.69, 9.17) is 9.47 Å². The fourth-order valence-electron chi connectivity index (χ4n) is 3.86. The number of nitrogens with zero attached hydrogens (tertiary/aromatic N) is 1. The van der Waals surface area contributed by atoms with Crippen molar-refractivity contribution in [2.45, 2.75) is 30.7 Å². The van der Waals surface area contributed by atoms with Gasteiger partial charge in [-0.15, -0.1) is 0 Å². The number of sulfonamides is 1. The first-order valence-electron chi connectivity index (χ1n) is 10.5. The highest BCUT2D eigenvalue weighted by atomic mass is 32.2. The summed E-state index contributed by atoms with van der Waals surface area (Å²) in [6.07, 6.45) is 0.879. The SMILES string of the molecule is C[C@H](NS(=O)(=O)c1ccccc1F)C(=O)N1CCC(C(=O)Nc2ccc3c(c2)OCO3)CC1. The van der Waals surface area contributed by atoms with Gasteiger partial charge in [-0.25, -0.2) is 12.8 Å². The number of ether oxygens (including phenoxy) is 2. The molecule has 2 heterocycles. The minimum Gasteiger partial charge on any atom is -0.454 e. The molecule has 0 saturated carbocycles. The second-order valence-corrected chi connectivity index (χ2v) is 9.61. The van der Waals surface area contributed by atoms with Crippen LogP contribution in [-0.4, -0.2) is 51.1 Å². The molecule has 0 spiro atoms. The summed E-state index contributed by atoms with van der Waals surface area (Å²) in [5.74, 6) is -0.567. The van der Waals surface area contributed by atoms with Gasteiger partial charge in [0.2, 0.25) is 28.6 Å². The summed E-state index contributed by atoms with van der Waals surface area (Å²) in [7, 11) is -4.19. The van der Waals surface area contributed by atoms with Gasteiger partial charge < -0.3 is 19.7 Å². The Hall–Kier alpha value is -3.18. The second-order valence-electron chi connectivity index (χ2n) is 7.93. The van der Waals surface area contributed by atoms with Gasteiger partial charge in [0.05, 0.1) is 6.04 Å². The molecule has 2 aromatic carbocycles. The number of hydrogen-bond acceptors (Lipinski definition) is 6. The van der Waals surface area contributed by atoms with Crippen molar-refractivity contribution in [1.82, 2.24) is 9.62 Å². The third-order valence-electron chi connectivity index (χ3n) is 5.65. The lowest BCUT2D eigenvalue weighted by atomic mass is 9.95. The monoisotopic (exact) mass is 477 g/mol. The van der Waals surface area contributed by atoms with Crippen molar-refractivity contribution in [2.24, 2.45) is 5.92 Å². The first kappa shape index (κ1) is 23.0. The van der Waals surface area contributed by atoms with E-state index in [1.165, 1.54) is 24.0 Å². The van der Waals surface area contributed by atoms with Crippen molar-refractivity contribution in [3.63, 3.8) is 0 Å². The van der Waals surface area contributed by atoms with Gasteiger partial charge in [0.25, 0.3) is 0 Å². The van der Waals surface area contributed by atoms with E-state index < -0.39 is 32.7 Å². The molecule has 2 N–H and O–H groups in total. The fraction of sp³-hybridized carbons (Fsp3) is 0.364. The number of amides is 2. The molecule has 0 aromatic heterocycles. The Morgan fingerprint density at radius 1 is 1.09 bits per heavy atom. The quantitative estimate of drug-likeness (QED) is 0.659. The molecular weight excluding hydrogens is 453 g/mol. The molecule has 1 saturated heterocycles. The van der Waals surface area contributed by atoms with E-state index in [9.17, 15) is 22.4 Å². The molecule has 9 nitrogen and oxygen atoms in total. The predicted molar refractivity (Wildman–Crippen MR) is 117 cm³/mol. The summed E-state index contributed by atoms with van der Waals surface area (Å²) in [6.45, 7) is 2.18. The Kier molecular flexibility index (Phi) is 6.52. The highest BCUT2D eigenvalue weighted by molar-refractivity contribution is 7.89. The van der Waals surface area contributed by atoms with Crippen molar-refractivity contribution < 1.29 is 31.9 Å². The first-order valence-corrected chi connectivity index (χ1v) is 12.0. The van der Waals surface area contributed by atoms with Crippen LogP contribution in [0.5, 0.6) is 11.5 Å². The standard InChI is InChI=1S/C22H24FN3O6S/c1-14(25-33(29,30)20-5-3-2-4-17(20)23)22(28)26-10-8-15(9-11-26)21(27)24-16-6-7-18-19(12-16)32-13-31-18/h2-7,12,14-15,25H,8-11,13H2,1H3,(H,24,27)/t14-/m0/s1. The Morgan fingerprint density at radius 3 is 2.52 bits per heavy atom. The molecule has 0 aliphatic carbocycles. The molecule has 2 aliphatic heterocycles. The summed E-state index contributed by atoms with van der Waals surface area (Å²) in [4.78, 5) is 26.4. The van der Waals surface area contributed by atoms with Crippen LogP contribution >= 0.6 is 0 Å². The molecular formula is C22H24FN3O6S. The molecule has 2 aromatic rings. The lowest BCUT2D eigenvalue weighted by Crippen LogP contribution is -2.50. The maximum Gasteiger partial charge on any atom is 0.244 e. The van der Waals surface area contributed by atoms with Crippen LogP contribution in [0.2, 0.25) is 0 Å². The smallest absolute Gasteiger partial charge is 0.244 e. The van der Waals surface area contributed by atoms with Crippen LogP contribution in [0.3, 0.4) is 0 Å². The Morgan fingerprint density at radius 2 is 1.79 bits per heavy atom. The van der Waals surface area contributed by atoms with Crippen molar-refractivity contribution in [2.75, 3.05) is 25.2 Å². The molecule has 4 rings (SSSR count). The molecule has 1 fully saturated rings. The molecule has 2 amide bonds. The summed E-state index contributed by atoms with van der Waals surface area (Å²) >= 11 is 0. The Balaban J connectivity index is 1.30. The molecule has 0 radical (unpaired) electrons. The molecule has 0 bridgehead atoms. The number of benzene rings is 2. The number of carbonyl (C=O) groups excluding carboxylic acids is 2. The van der Waals surface area contributed by atoms with Gasteiger partial charge >= 0.3 is 0 Å². The maximum atomic E-state index is 13.9. The van der Waals surface area contributed by atoms with Crippen LogP contribution < -0.4 is 19.5 Å². The van der Waals surface area contributed by atoms with Crippen LogP contribution in [0.25, 0.3) is 0 Å². The van der Waals surface area contributed by atoms with Gasteiger partial charge in [0.15, 0.2) is 11.5 Å². The fourth-order valence-corrected chi connectivity index (χ4v) is 5.14. The zero-order valence-electron chi connectivity index (χ0n) is 17.9. The van der Waals surface area contributed by atoms with Crippen molar-refractivity contribution in [3.8, 4) is 11.5 Å². The number of likely N-dealkylation sites (tertiary alicyclic amines) is 1. The normalized spacial score (nSPS) is 17.0. The predicted octanol–water partition coefficient (Wildman–Crippen LogP) is 2.10. The average Bonchev–Trinajstić information content (AvgIpc) is 3.26. The maximum absolute atomic E-state index is 13.9. The van der Waals surface area contributed by atoms with Crippen LogP contribution in [0.4, 0.5) is 10.1 Å². The topological polar surface area (TPSA) is 114 Å². The van der Waals surface area contributed by atoms with E-state index in [2.05, 4.69) is 10.0 Å². The first-order chi connectivity index (χ1) is 15.7. The zero-order valence-corrected chi connectivity index (χ0v) is 18.7. The third-order valence-corrected chi connectivity index (χ3v) is 7.22. The molecule has 0 unspecified atom stereocenters. The summed E-state index contributed by atoms with van der Waals surface area (Å²) < 4.78 is 51.6. The molecule has 176 valence electrons. The van der Waals surface area contributed by atoms with E-state index >= 15 is 0 Å². The van der Waals surface area contributed by atoms with E-state index in [1.54, 1.807) is 18.2 Å². The Labute approximate surface area is 190 Å². The molecule has 2 aliphatic rings. The van der Waals surface area contributed by atoms with Gasteiger partial charge in [0.1, 0.15) is 10.7 Å². The van der Waals surface area contributed by atoms with E-state index in [0.29, 0.717) is 43.1 Å². The van der Waals surface area contributed by atoms with Crippen molar-refractivity contribution in [1.29, 1.82) is 0 Å². The number of halogens is 1. The van der Waals surface area contributed by atoms with Crippen LogP contribution in [0, 0.1) is 11.7 Å². The van der Waals surface area contributed by atoms with E-state index in [-0.39, 0.29) is 18.6 Å². The minimum absolute atomic E-state index is 0.147. The minimum atomic E-state index is -4.19. The van der Waals surface area contributed by atoms with Crippen molar-refractivity contribution in [3.05, 3.63) is 48.3 Å². The van der Waals surface area contributed by atoms with Crippen molar-refractivity contribution >= 4 is 27.5 Å². The van der Waals surface area contributed by atoms with Crippen LogP contribution in [0.15, 0.2) is 47.4 Å². The number of hydrogen-bond donors (Lipinski definition) is 2. The number of rotatable bonds is 6. The number of nitrogens with one attached hydrogen (secondary N) is 2. The van der Waals surface area contributed by atoms with Crippen LogP contribution in [-0.2, 0) is 19.6 Å². The van der Waals surface area contributed by atoms with Gasteiger partial charge in [-0.2, -0.15) is 4.72 Å². The highest BCUT2D eigenvalue weighted by Crippen LogP contribution is 2.34. The second kappa shape index (κ2) is 9.36. The molecule has 33 heavy (non-hydrogen) atoms. The van der Waals surface area contributed by atoms with E-state index in [0.717, 1.165) is 12.1 Å². The van der Waals surface area contributed by atoms with Crippen LogP contribution in [0.1, 0.15) is 19.8 Å². The summed E-state index contributed by atoms with van der Waals surface area (Å²) in [5.41, 5.74) is 0.596. The molecule has 1 atom stereocenters. The van der Waals surface area contributed by atoms with E-state index in [1.807, 2.05) is 0 Å². The summed E-state index contributed by atoms with van der Waals surface area (Å²) in [6, 6.07) is 9.05. The van der Waals surface area contributed by atoms with Gasteiger partial charge in [0, 0.05) is 30.8 Å². The lowest BCUT2D eigenvalue weighted by Gasteiger charge is -2.33. The van der Waals surface area contributed by atoms with Gasteiger partial charge in [-0.1, -0.05) is 12.1 Å². The lowest BCUT2D eigenvalue weighted by molar-refractivity contribution is -0.135. The number of carbonyl (C=O) groups is 2. The van der Waals surface area contributed by atoms with Gasteiger partial charge in [-0.05, 0) is 44.0 Å². The number of fused-ring (bicyclic) bond motifs is 1. The average molecular weight is 478 g/mol.